The van der Waals surface area contributed by atoms with E-state index in [0.29, 0.717) is 12.6 Å². The number of thiazole rings is 1. The molecule has 5 heteroatoms. The molecule has 0 saturated carbocycles. The molecule has 1 unspecified atom stereocenters. The number of aryl methyl sites for hydroxylation is 1. The zero-order valence-corrected chi connectivity index (χ0v) is 13.6. The zero-order valence-electron chi connectivity index (χ0n) is 12.8. The smallest absolute Gasteiger partial charge is 0.186 e. The molecule has 20 heavy (non-hydrogen) atoms. The molecule has 0 bridgehead atoms. The molecule has 1 aliphatic carbocycles. The molecule has 1 N–H and O–H groups in total. The first-order valence-electron chi connectivity index (χ1n) is 7.64. The number of ether oxygens (including phenoxy) is 1. The van der Waals surface area contributed by atoms with Crippen LogP contribution in [0.5, 0.6) is 0 Å². The van der Waals surface area contributed by atoms with Gasteiger partial charge in [0.2, 0.25) is 0 Å². The van der Waals surface area contributed by atoms with Gasteiger partial charge in [-0.1, -0.05) is 25.2 Å². The van der Waals surface area contributed by atoms with Gasteiger partial charge >= 0.3 is 0 Å². The number of hydrogen-bond donors (Lipinski definition) is 1. The van der Waals surface area contributed by atoms with Crippen molar-refractivity contribution in [1.82, 2.24) is 4.98 Å². The Balaban J connectivity index is 2.23. The Morgan fingerprint density at radius 1 is 1.45 bits per heavy atom. The highest BCUT2D eigenvalue weighted by Crippen LogP contribution is 2.38. The van der Waals surface area contributed by atoms with Crippen LogP contribution in [0.1, 0.15) is 56.2 Å². The second-order valence-corrected chi connectivity index (χ2v) is 6.38. The van der Waals surface area contributed by atoms with Crippen LogP contribution in [0, 0.1) is 0 Å². The highest BCUT2D eigenvalue weighted by atomic mass is 32.1. The molecule has 0 saturated heterocycles. The number of aromatic nitrogens is 1. The van der Waals surface area contributed by atoms with Crippen LogP contribution in [0.4, 0.5) is 5.13 Å². The van der Waals surface area contributed by atoms with Crippen molar-refractivity contribution in [3.05, 3.63) is 10.6 Å². The Kier molecular flexibility index (Phi) is 5.81. The number of rotatable bonds is 7. The van der Waals surface area contributed by atoms with Gasteiger partial charge in [-0.05, 0) is 32.1 Å². The molecular weight excluding hydrogens is 272 g/mol. The fourth-order valence-electron chi connectivity index (χ4n) is 2.86. The first kappa shape index (κ1) is 15.7. The van der Waals surface area contributed by atoms with Gasteiger partial charge < -0.3 is 14.7 Å². The van der Waals surface area contributed by atoms with E-state index in [1.165, 1.54) is 0 Å². The molecular formula is C15H26N2O2S. The first-order valence-corrected chi connectivity index (χ1v) is 8.46. The van der Waals surface area contributed by atoms with Crippen molar-refractivity contribution in [2.24, 2.45) is 0 Å². The standard InChI is InChI=1S/C15H26N2O2S/c1-4-11(5-2)17(9-10-19-3)15-16-12-7-6-8-13(18)14(12)20-15/h11,13,18H,4-10H2,1-3H3. The molecule has 0 aromatic carbocycles. The summed E-state index contributed by atoms with van der Waals surface area (Å²) in [6, 6.07) is 0.495. The van der Waals surface area contributed by atoms with E-state index >= 15 is 0 Å². The van der Waals surface area contributed by atoms with Gasteiger partial charge in [-0.15, -0.1) is 0 Å². The van der Waals surface area contributed by atoms with E-state index in [2.05, 4.69) is 18.7 Å². The lowest BCUT2D eigenvalue weighted by atomic mass is 10.0. The van der Waals surface area contributed by atoms with Crippen LogP contribution in [0.15, 0.2) is 0 Å². The summed E-state index contributed by atoms with van der Waals surface area (Å²) in [5, 5.41) is 11.2. The molecule has 0 spiro atoms. The van der Waals surface area contributed by atoms with E-state index in [-0.39, 0.29) is 6.10 Å². The van der Waals surface area contributed by atoms with Gasteiger partial charge in [0.25, 0.3) is 0 Å². The fourth-order valence-corrected chi connectivity index (χ4v) is 4.09. The molecule has 1 aromatic heterocycles. The summed E-state index contributed by atoms with van der Waals surface area (Å²) in [4.78, 5) is 8.24. The largest absolute Gasteiger partial charge is 0.388 e. The maximum atomic E-state index is 10.1. The maximum Gasteiger partial charge on any atom is 0.186 e. The van der Waals surface area contributed by atoms with E-state index in [4.69, 9.17) is 9.72 Å². The van der Waals surface area contributed by atoms with Crippen molar-refractivity contribution in [3.63, 3.8) is 0 Å². The molecule has 0 fully saturated rings. The Morgan fingerprint density at radius 2 is 2.20 bits per heavy atom. The fraction of sp³-hybridized carbons (Fsp3) is 0.800. The van der Waals surface area contributed by atoms with E-state index < -0.39 is 0 Å². The van der Waals surface area contributed by atoms with Crippen molar-refractivity contribution in [1.29, 1.82) is 0 Å². The number of nitrogens with zero attached hydrogens (tertiary/aromatic N) is 2. The molecule has 1 atom stereocenters. The monoisotopic (exact) mass is 298 g/mol. The Bertz CT molecular complexity index is 418. The summed E-state index contributed by atoms with van der Waals surface area (Å²) in [7, 11) is 1.74. The lowest BCUT2D eigenvalue weighted by Crippen LogP contribution is -2.37. The van der Waals surface area contributed by atoms with Crippen LogP contribution < -0.4 is 4.90 Å². The molecule has 1 heterocycles. The van der Waals surface area contributed by atoms with Crippen LogP contribution in [0.25, 0.3) is 0 Å². The average Bonchev–Trinajstić information content (AvgIpc) is 2.88. The summed E-state index contributed by atoms with van der Waals surface area (Å²) < 4.78 is 5.24. The Morgan fingerprint density at radius 3 is 2.80 bits per heavy atom. The first-order chi connectivity index (χ1) is 9.71. The maximum absolute atomic E-state index is 10.1. The number of hydrogen-bond acceptors (Lipinski definition) is 5. The zero-order chi connectivity index (χ0) is 14.5. The molecule has 114 valence electrons. The van der Waals surface area contributed by atoms with Crippen LogP contribution in [0.2, 0.25) is 0 Å². The highest BCUT2D eigenvalue weighted by molar-refractivity contribution is 7.15. The SMILES string of the molecule is CCC(CC)N(CCOC)c1nc2c(s1)C(O)CCC2. The predicted octanol–water partition coefficient (Wildman–Crippen LogP) is 3.15. The van der Waals surface area contributed by atoms with E-state index in [0.717, 1.165) is 54.4 Å². The van der Waals surface area contributed by atoms with Crippen molar-refractivity contribution in [2.75, 3.05) is 25.2 Å². The normalized spacial score (nSPS) is 18.4. The summed E-state index contributed by atoms with van der Waals surface area (Å²) in [6.07, 6.45) is 4.82. The number of fused-ring (bicyclic) bond motifs is 1. The van der Waals surface area contributed by atoms with Crippen molar-refractivity contribution in [2.45, 2.75) is 58.1 Å². The van der Waals surface area contributed by atoms with Gasteiger partial charge in [0.1, 0.15) is 0 Å². The van der Waals surface area contributed by atoms with E-state index in [1.54, 1.807) is 18.4 Å². The van der Waals surface area contributed by atoms with E-state index in [1.807, 2.05) is 0 Å². The third-order valence-corrected chi connectivity index (χ3v) is 5.31. The van der Waals surface area contributed by atoms with E-state index in [9.17, 15) is 5.11 Å². The molecule has 1 aliphatic rings. The van der Waals surface area contributed by atoms with Gasteiger partial charge in [0.05, 0.1) is 23.3 Å². The van der Waals surface area contributed by atoms with Gasteiger partial charge in [-0.25, -0.2) is 4.98 Å². The molecule has 0 aliphatic heterocycles. The van der Waals surface area contributed by atoms with Crippen molar-refractivity contribution < 1.29 is 9.84 Å². The summed E-state index contributed by atoms with van der Waals surface area (Å²) in [5.74, 6) is 0. The van der Waals surface area contributed by atoms with Crippen LogP contribution in [0.3, 0.4) is 0 Å². The second kappa shape index (κ2) is 7.38. The third kappa shape index (κ3) is 3.32. The topological polar surface area (TPSA) is 45.6 Å². The molecule has 1 aromatic rings. The summed E-state index contributed by atoms with van der Waals surface area (Å²) in [6.45, 7) is 6.02. The van der Waals surface area contributed by atoms with Crippen molar-refractivity contribution in [3.8, 4) is 0 Å². The number of aliphatic hydroxyl groups excluding tert-OH is 1. The van der Waals surface area contributed by atoms with Gasteiger partial charge in [0.15, 0.2) is 5.13 Å². The van der Waals surface area contributed by atoms with Gasteiger partial charge in [-0.3, -0.25) is 0 Å². The molecule has 4 nitrogen and oxygen atoms in total. The minimum Gasteiger partial charge on any atom is -0.388 e. The number of anilines is 1. The Labute approximate surface area is 125 Å². The van der Waals surface area contributed by atoms with Crippen LogP contribution in [-0.4, -0.2) is 36.4 Å². The Hall–Kier alpha value is -0.650. The molecule has 0 radical (unpaired) electrons. The van der Waals surface area contributed by atoms with Crippen LogP contribution >= 0.6 is 11.3 Å². The average molecular weight is 298 g/mol. The minimum absolute atomic E-state index is 0.309. The minimum atomic E-state index is -0.309. The lowest BCUT2D eigenvalue weighted by molar-refractivity contribution is 0.160. The van der Waals surface area contributed by atoms with Crippen LogP contribution in [-0.2, 0) is 11.2 Å². The van der Waals surface area contributed by atoms with Crippen molar-refractivity contribution >= 4 is 16.5 Å². The second-order valence-electron chi connectivity index (χ2n) is 5.37. The number of methoxy groups -OCH3 is 1. The predicted molar refractivity (Wildman–Crippen MR) is 83.6 cm³/mol. The lowest BCUT2D eigenvalue weighted by Gasteiger charge is -2.30. The van der Waals surface area contributed by atoms with Gasteiger partial charge in [-0.2, -0.15) is 0 Å². The number of aliphatic hydroxyl groups is 1. The molecule has 2 rings (SSSR count). The summed E-state index contributed by atoms with van der Waals surface area (Å²) in [5.41, 5.74) is 1.11. The molecule has 0 amide bonds. The van der Waals surface area contributed by atoms with Gasteiger partial charge in [0, 0.05) is 19.7 Å². The summed E-state index contributed by atoms with van der Waals surface area (Å²) >= 11 is 1.67. The third-order valence-electron chi connectivity index (χ3n) is 4.08. The highest BCUT2D eigenvalue weighted by Gasteiger charge is 2.26. The quantitative estimate of drug-likeness (QED) is 0.840.